The highest BCUT2D eigenvalue weighted by Crippen LogP contribution is 2.35. The molecule has 1 amide bonds. The van der Waals surface area contributed by atoms with E-state index in [9.17, 15) is 24.9 Å². The van der Waals surface area contributed by atoms with Gasteiger partial charge < -0.3 is 25.0 Å². The third kappa shape index (κ3) is 4.51. The summed E-state index contributed by atoms with van der Waals surface area (Å²) in [6.07, 6.45) is 0.0132. The van der Waals surface area contributed by atoms with E-state index in [1.807, 2.05) is 4.90 Å². The van der Waals surface area contributed by atoms with Crippen LogP contribution in [0, 0.1) is 0 Å². The maximum Gasteiger partial charge on any atom is 0.320 e. The molecule has 0 spiro atoms. The predicted octanol–water partition coefficient (Wildman–Crippen LogP) is 0.0532. The lowest BCUT2D eigenvalue weighted by molar-refractivity contribution is -0.145. The SMILES string of the molecule is CCOC(=O)CN1CCN(C(=O)Cc2cc(O)c(O)c(O)c2)CC1. The van der Waals surface area contributed by atoms with Crippen LogP contribution in [0.1, 0.15) is 12.5 Å². The number of rotatable bonds is 5. The van der Waals surface area contributed by atoms with E-state index in [1.165, 1.54) is 12.1 Å². The second-order valence-electron chi connectivity index (χ2n) is 5.62. The first kappa shape index (κ1) is 17.9. The summed E-state index contributed by atoms with van der Waals surface area (Å²) in [7, 11) is 0. The average molecular weight is 338 g/mol. The van der Waals surface area contributed by atoms with Crippen molar-refractivity contribution in [3.05, 3.63) is 17.7 Å². The quantitative estimate of drug-likeness (QED) is 0.514. The van der Waals surface area contributed by atoms with Crippen molar-refractivity contribution in [2.45, 2.75) is 13.3 Å². The summed E-state index contributed by atoms with van der Waals surface area (Å²) in [5, 5.41) is 28.3. The van der Waals surface area contributed by atoms with Crippen LogP contribution in [0.15, 0.2) is 12.1 Å². The molecule has 24 heavy (non-hydrogen) atoms. The van der Waals surface area contributed by atoms with Crippen molar-refractivity contribution in [1.82, 2.24) is 9.80 Å². The van der Waals surface area contributed by atoms with Crippen LogP contribution in [0.2, 0.25) is 0 Å². The van der Waals surface area contributed by atoms with E-state index in [1.54, 1.807) is 11.8 Å². The molecule has 1 aromatic rings. The van der Waals surface area contributed by atoms with Gasteiger partial charge in [-0.15, -0.1) is 0 Å². The zero-order chi connectivity index (χ0) is 17.7. The Kier molecular flexibility index (Phi) is 5.86. The second kappa shape index (κ2) is 7.87. The van der Waals surface area contributed by atoms with Gasteiger partial charge >= 0.3 is 5.97 Å². The van der Waals surface area contributed by atoms with Gasteiger partial charge in [0.25, 0.3) is 0 Å². The molecule has 1 aliphatic heterocycles. The molecule has 1 fully saturated rings. The number of benzene rings is 1. The highest BCUT2D eigenvalue weighted by Gasteiger charge is 2.23. The minimum absolute atomic E-state index is 0.0132. The average Bonchev–Trinajstić information content (AvgIpc) is 2.53. The molecule has 0 bridgehead atoms. The van der Waals surface area contributed by atoms with Crippen molar-refractivity contribution in [3.63, 3.8) is 0 Å². The number of carbonyl (C=O) groups excluding carboxylic acids is 2. The van der Waals surface area contributed by atoms with Gasteiger partial charge in [0, 0.05) is 26.2 Å². The number of aromatic hydroxyl groups is 3. The first-order valence-electron chi connectivity index (χ1n) is 7.80. The van der Waals surface area contributed by atoms with E-state index in [4.69, 9.17) is 4.74 Å². The molecule has 1 aliphatic rings. The van der Waals surface area contributed by atoms with Crippen molar-refractivity contribution in [3.8, 4) is 17.2 Å². The van der Waals surface area contributed by atoms with Gasteiger partial charge in [0.15, 0.2) is 17.2 Å². The first-order valence-corrected chi connectivity index (χ1v) is 7.80. The van der Waals surface area contributed by atoms with Crippen LogP contribution < -0.4 is 0 Å². The van der Waals surface area contributed by atoms with Gasteiger partial charge in [-0.05, 0) is 24.6 Å². The Morgan fingerprint density at radius 3 is 2.21 bits per heavy atom. The van der Waals surface area contributed by atoms with Gasteiger partial charge in [-0.1, -0.05) is 0 Å². The Hall–Kier alpha value is -2.48. The number of phenols is 3. The summed E-state index contributed by atoms with van der Waals surface area (Å²) < 4.78 is 4.90. The molecular formula is C16H22N2O6. The van der Waals surface area contributed by atoms with E-state index >= 15 is 0 Å². The van der Waals surface area contributed by atoms with Crippen molar-refractivity contribution in [1.29, 1.82) is 0 Å². The van der Waals surface area contributed by atoms with Crippen LogP contribution in [0.25, 0.3) is 0 Å². The van der Waals surface area contributed by atoms with Gasteiger partial charge in [0.05, 0.1) is 19.6 Å². The molecule has 1 aromatic carbocycles. The molecule has 132 valence electrons. The van der Waals surface area contributed by atoms with Crippen molar-refractivity contribution >= 4 is 11.9 Å². The fraction of sp³-hybridized carbons (Fsp3) is 0.500. The number of hydrogen-bond donors (Lipinski definition) is 3. The molecule has 8 heteroatoms. The molecule has 1 saturated heterocycles. The Morgan fingerprint density at radius 2 is 1.67 bits per heavy atom. The third-order valence-electron chi connectivity index (χ3n) is 3.87. The molecule has 3 N–H and O–H groups in total. The zero-order valence-electron chi connectivity index (χ0n) is 13.6. The minimum atomic E-state index is -0.598. The number of carbonyl (C=O) groups is 2. The van der Waals surface area contributed by atoms with E-state index < -0.39 is 17.2 Å². The molecule has 0 atom stereocenters. The predicted molar refractivity (Wildman–Crippen MR) is 84.8 cm³/mol. The highest BCUT2D eigenvalue weighted by molar-refractivity contribution is 5.79. The monoisotopic (exact) mass is 338 g/mol. The maximum absolute atomic E-state index is 12.3. The number of nitrogens with zero attached hydrogens (tertiary/aromatic N) is 2. The van der Waals surface area contributed by atoms with Crippen LogP contribution in [-0.4, -0.2) is 76.3 Å². The van der Waals surface area contributed by atoms with Crippen LogP contribution in [0.3, 0.4) is 0 Å². The standard InChI is InChI=1S/C16H22N2O6/c1-2-24-15(22)10-17-3-5-18(6-4-17)14(21)9-11-7-12(19)16(23)13(20)8-11/h7-8,19-20,23H,2-6,9-10H2,1H3. The molecule has 0 aromatic heterocycles. The van der Waals surface area contributed by atoms with E-state index in [2.05, 4.69) is 0 Å². The number of piperazine rings is 1. The number of phenolic OH excluding ortho intramolecular Hbond substituents is 3. The van der Waals surface area contributed by atoms with Gasteiger partial charge in [-0.3, -0.25) is 14.5 Å². The lowest BCUT2D eigenvalue weighted by Crippen LogP contribution is -2.50. The molecule has 0 aliphatic carbocycles. The summed E-state index contributed by atoms with van der Waals surface area (Å²) in [5.74, 6) is -1.93. The summed E-state index contributed by atoms with van der Waals surface area (Å²) in [4.78, 5) is 27.3. The minimum Gasteiger partial charge on any atom is -0.504 e. The first-order chi connectivity index (χ1) is 11.4. The fourth-order valence-electron chi connectivity index (χ4n) is 2.59. The van der Waals surface area contributed by atoms with E-state index in [-0.39, 0.29) is 24.8 Å². The molecular weight excluding hydrogens is 316 g/mol. The summed E-state index contributed by atoms with van der Waals surface area (Å²) in [5.41, 5.74) is 0.418. The van der Waals surface area contributed by atoms with Crippen molar-refractivity contribution in [2.24, 2.45) is 0 Å². The van der Waals surface area contributed by atoms with Crippen LogP contribution >= 0.6 is 0 Å². The van der Waals surface area contributed by atoms with Gasteiger partial charge in [0.1, 0.15) is 0 Å². The molecule has 0 radical (unpaired) electrons. The molecule has 0 saturated carbocycles. The number of esters is 1. The van der Waals surface area contributed by atoms with E-state index in [0.717, 1.165) is 0 Å². The van der Waals surface area contributed by atoms with Crippen LogP contribution in [-0.2, 0) is 20.7 Å². The lowest BCUT2D eigenvalue weighted by Gasteiger charge is -2.34. The number of hydrogen-bond acceptors (Lipinski definition) is 7. The smallest absolute Gasteiger partial charge is 0.320 e. The van der Waals surface area contributed by atoms with Gasteiger partial charge in [0.2, 0.25) is 5.91 Å². The van der Waals surface area contributed by atoms with Gasteiger partial charge in [-0.2, -0.15) is 0 Å². The second-order valence-corrected chi connectivity index (χ2v) is 5.62. The largest absolute Gasteiger partial charge is 0.504 e. The van der Waals surface area contributed by atoms with Crippen molar-refractivity contribution in [2.75, 3.05) is 39.3 Å². The molecule has 8 nitrogen and oxygen atoms in total. The third-order valence-corrected chi connectivity index (χ3v) is 3.87. The molecule has 0 unspecified atom stereocenters. The van der Waals surface area contributed by atoms with Crippen molar-refractivity contribution < 1.29 is 29.6 Å². The van der Waals surface area contributed by atoms with E-state index in [0.29, 0.717) is 38.3 Å². The fourth-order valence-corrected chi connectivity index (χ4v) is 2.59. The summed E-state index contributed by atoms with van der Waals surface area (Å²) in [6, 6.07) is 2.51. The number of ether oxygens (including phenoxy) is 1. The Balaban J connectivity index is 1.86. The zero-order valence-corrected chi connectivity index (χ0v) is 13.6. The Morgan fingerprint density at radius 1 is 1.08 bits per heavy atom. The number of amides is 1. The maximum atomic E-state index is 12.3. The molecule has 1 heterocycles. The highest BCUT2D eigenvalue weighted by atomic mass is 16.5. The van der Waals surface area contributed by atoms with Crippen LogP contribution in [0.4, 0.5) is 0 Å². The topological polar surface area (TPSA) is 111 Å². The van der Waals surface area contributed by atoms with Crippen LogP contribution in [0.5, 0.6) is 17.2 Å². The van der Waals surface area contributed by atoms with Gasteiger partial charge in [-0.25, -0.2) is 0 Å². The summed E-state index contributed by atoms with van der Waals surface area (Å²) >= 11 is 0. The normalized spacial score (nSPS) is 15.3. The molecule has 2 rings (SSSR count). The Labute approximate surface area is 139 Å². The Bertz CT molecular complexity index is 588. The lowest BCUT2D eigenvalue weighted by atomic mass is 10.1. The summed E-state index contributed by atoms with van der Waals surface area (Å²) in [6.45, 7) is 4.47.